The summed E-state index contributed by atoms with van der Waals surface area (Å²) in [5, 5.41) is 14.1. The highest BCUT2D eigenvalue weighted by Gasteiger charge is 2.18. The number of hydrogen-bond acceptors (Lipinski definition) is 4. The highest BCUT2D eigenvalue weighted by atomic mass is 32.2. The van der Waals surface area contributed by atoms with Crippen LogP contribution in [0.4, 0.5) is 4.79 Å². The van der Waals surface area contributed by atoms with Crippen LogP contribution in [0.25, 0.3) is 0 Å². The van der Waals surface area contributed by atoms with Gasteiger partial charge >= 0.3 is 12.0 Å². The van der Waals surface area contributed by atoms with Gasteiger partial charge in [-0.05, 0) is 43.3 Å². The number of thioether (sulfide) groups is 2. The predicted octanol–water partition coefficient (Wildman–Crippen LogP) is 2.03. The molecule has 0 fully saturated rings. The van der Waals surface area contributed by atoms with Crippen LogP contribution in [0.15, 0.2) is 0 Å². The molecule has 7 heteroatoms. The van der Waals surface area contributed by atoms with Crippen LogP contribution in [0.1, 0.15) is 25.7 Å². The van der Waals surface area contributed by atoms with Gasteiger partial charge in [0.25, 0.3) is 0 Å². The van der Waals surface area contributed by atoms with Crippen LogP contribution >= 0.6 is 23.5 Å². The van der Waals surface area contributed by atoms with E-state index < -0.39 is 18.0 Å². The van der Waals surface area contributed by atoms with Gasteiger partial charge in [-0.2, -0.15) is 23.5 Å². The first-order valence-corrected chi connectivity index (χ1v) is 9.15. The van der Waals surface area contributed by atoms with Gasteiger partial charge in [-0.15, -0.1) is 0 Å². The maximum absolute atomic E-state index is 11.5. The number of rotatable bonds is 11. The Morgan fingerprint density at radius 1 is 1.11 bits per heavy atom. The molecule has 0 aromatic heterocycles. The largest absolute Gasteiger partial charge is 0.480 e. The third kappa shape index (κ3) is 11.0. The molecule has 0 rings (SSSR count). The molecule has 0 bridgehead atoms. The lowest BCUT2D eigenvalue weighted by molar-refractivity contribution is -0.139. The van der Waals surface area contributed by atoms with Gasteiger partial charge in [0.1, 0.15) is 6.04 Å². The molecule has 0 saturated carbocycles. The molecule has 0 aromatic rings. The first-order valence-electron chi connectivity index (χ1n) is 6.36. The predicted molar refractivity (Wildman–Crippen MR) is 83.2 cm³/mol. The molecule has 112 valence electrons. The van der Waals surface area contributed by atoms with E-state index in [4.69, 9.17) is 5.11 Å². The number of carbonyl (C=O) groups excluding carboxylic acids is 1. The summed E-state index contributed by atoms with van der Waals surface area (Å²) < 4.78 is 0. The SMILES string of the molecule is CSCCCCCNC(=O)N[C@H](CCSC)C(=O)O. The Labute approximate surface area is 123 Å². The fourth-order valence-corrected chi connectivity index (χ4v) is 2.42. The van der Waals surface area contributed by atoms with Crippen molar-refractivity contribution in [3.8, 4) is 0 Å². The highest BCUT2D eigenvalue weighted by Crippen LogP contribution is 2.02. The Morgan fingerprint density at radius 2 is 1.79 bits per heavy atom. The van der Waals surface area contributed by atoms with E-state index in [2.05, 4.69) is 16.9 Å². The second-order valence-electron chi connectivity index (χ2n) is 4.13. The number of urea groups is 1. The van der Waals surface area contributed by atoms with Crippen LogP contribution in [0, 0.1) is 0 Å². The number of nitrogens with one attached hydrogen (secondary N) is 2. The zero-order chi connectivity index (χ0) is 14.5. The van der Waals surface area contributed by atoms with Gasteiger partial charge in [0, 0.05) is 6.54 Å². The third-order valence-electron chi connectivity index (χ3n) is 2.52. The zero-order valence-electron chi connectivity index (χ0n) is 11.6. The molecule has 0 radical (unpaired) electrons. The number of aliphatic carboxylic acids is 1. The van der Waals surface area contributed by atoms with Crippen molar-refractivity contribution in [2.75, 3.05) is 30.6 Å². The van der Waals surface area contributed by atoms with Crippen molar-refractivity contribution in [1.29, 1.82) is 0 Å². The summed E-state index contributed by atoms with van der Waals surface area (Å²) in [6.45, 7) is 0.592. The molecular weight excluding hydrogens is 284 g/mol. The number of amides is 2. The molecule has 0 heterocycles. The van der Waals surface area contributed by atoms with Crippen LogP contribution in [0.5, 0.6) is 0 Å². The zero-order valence-corrected chi connectivity index (χ0v) is 13.2. The Hall–Kier alpha value is -0.560. The summed E-state index contributed by atoms with van der Waals surface area (Å²) in [5.74, 6) is 0.873. The van der Waals surface area contributed by atoms with Crippen molar-refractivity contribution in [2.45, 2.75) is 31.7 Å². The first-order chi connectivity index (χ1) is 9.11. The van der Waals surface area contributed by atoms with Crippen molar-refractivity contribution in [2.24, 2.45) is 0 Å². The lowest BCUT2D eigenvalue weighted by Gasteiger charge is -2.14. The molecule has 5 nitrogen and oxygen atoms in total. The normalized spacial score (nSPS) is 11.9. The number of carbonyl (C=O) groups is 2. The van der Waals surface area contributed by atoms with Gasteiger partial charge < -0.3 is 15.7 Å². The topological polar surface area (TPSA) is 78.4 Å². The van der Waals surface area contributed by atoms with Crippen molar-refractivity contribution < 1.29 is 14.7 Å². The minimum absolute atomic E-state index is 0.390. The number of carboxylic acids is 1. The number of unbranched alkanes of at least 4 members (excludes halogenated alkanes) is 2. The van der Waals surface area contributed by atoms with E-state index >= 15 is 0 Å². The molecule has 0 unspecified atom stereocenters. The molecule has 0 saturated heterocycles. The Balaban J connectivity index is 3.71. The molecule has 2 amide bonds. The van der Waals surface area contributed by atoms with Crippen molar-refractivity contribution in [1.82, 2.24) is 10.6 Å². The van der Waals surface area contributed by atoms with Crippen LogP contribution in [-0.2, 0) is 4.79 Å². The van der Waals surface area contributed by atoms with Gasteiger partial charge in [0.15, 0.2) is 0 Å². The van der Waals surface area contributed by atoms with Gasteiger partial charge in [-0.25, -0.2) is 9.59 Å². The molecule has 3 N–H and O–H groups in total. The Morgan fingerprint density at radius 3 is 2.37 bits per heavy atom. The fourth-order valence-electron chi connectivity index (χ4n) is 1.45. The van der Waals surface area contributed by atoms with Crippen molar-refractivity contribution >= 4 is 35.5 Å². The molecule has 1 atom stereocenters. The average Bonchev–Trinajstić information content (AvgIpc) is 2.38. The molecule has 0 aliphatic rings. The van der Waals surface area contributed by atoms with Crippen LogP contribution in [0.3, 0.4) is 0 Å². The van der Waals surface area contributed by atoms with E-state index in [0.717, 1.165) is 25.0 Å². The number of carboxylic acid groups (broad SMARTS) is 1. The third-order valence-corrected chi connectivity index (χ3v) is 3.87. The summed E-state index contributed by atoms with van der Waals surface area (Å²) >= 11 is 3.38. The van der Waals surface area contributed by atoms with Crippen LogP contribution in [0.2, 0.25) is 0 Å². The first kappa shape index (κ1) is 18.4. The molecule has 19 heavy (non-hydrogen) atoms. The van der Waals surface area contributed by atoms with Gasteiger partial charge in [-0.1, -0.05) is 6.42 Å². The minimum Gasteiger partial charge on any atom is -0.480 e. The maximum Gasteiger partial charge on any atom is 0.326 e. The summed E-state index contributed by atoms with van der Waals surface area (Å²) in [7, 11) is 0. The van der Waals surface area contributed by atoms with E-state index in [9.17, 15) is 9.59 Å². The van der Waals surface area contributed by atoms with Crippen molar-refractivity contribution in [3.63, 3.8) is 0 Å². The standard InChI is InChI=1S/C12H24N2O3S2/c1-18-8-5-3-4-7-13-12(17)14-10(11(15)16)6-9-19-2/h10H,3-9H2,1-2H3,(H,15,16)(H2,13,14,17)/t10-/m1/s1. The van der Waals surface area contributed by atoms with Crippen molar-refractivity contribution in [3.05, 3.63) is 0 Å². The van der Waals surface area contributed by atoms with E-state index in [1.807, 2.05) is 18.0 Å². The highest BCUT2D eigenvalue weighted by molar-refractivity contribution is 7.98. The Kier molecular flexibility index (Phi) is 12.1. The molecule has 0 aromatic carbocycles. The average molecular weight is 308 g/mol. The maximum atomic E-state index is 11.5. The lowest BCUT2D eigenvalue weighted by Crippen LogP contribution is -2.46. The van der Waals surface area contributed by atoms with Crippen LogP contribution in [-0.4, -0.2) is 53.7 Å². The number of hydrogen-bond donors (Lipinski definition) is 3. The fraction of sp³-hybridized carbons (Fsp3) is 0.833. The monoisotopic (exact) mass is 308 g/mol. The van der Waals surface area contributed by atoms with Gasteiger partial charge in [0.05, 0.1) is 0 Å². The summed E-state index contributed by atoms with van der Waals surface area (Å²) in [4.78, 5) is 22.4. The molecular formula is C12H24N2O3S2. The smallest absolute Gasteiger partial charge is 0.326 e. The summed E-state index contributed by atoms with van der Waals surface area (Å²) in [6.07, 6.45) is 7.58. The van der Waals surface area contributed by atoms with Gasteiger partial charge in [-0.3, -0.25) is 0 Å². The lowest BCUT2D eigenvalue weighted by atomic mass is 10.2. The second-order valence-corrected chi connectivity index (χ2v) is 6.10. The molecule has 0 spiro atoms. The van der Waals surface area contributed by atoms with Gasteiger partial charge in [0.2, 0.25) is 0 Å². The molecule has 0 aliphatic carbocycles. The second kappa shape index (κ2) is 12.5. The van der Waals surface area contributed by atoms with Crippen LogP contribution < -0.4 is 10.6 Å². The minimum atomic E-state index is -0.982. The van der Waals surface area contributed by atoms with E-state index in [1.165, 1.54) is 0 Å². The summed E-state index contributed by atoms with van der Waals surface area (Å²) in [6, 6.07) is -1.19. The van der Waals surface area contributed by atoms with E-state index in [-0.39, 0.29) is 0 Å². The Bertz CT molecular complexity index is 265. The van der Waals surface area contributed by atoms with E-state index in [0.29, 0.717) is 18.7 Å². The quantitative estimate of drug-likeness (QED) is 0.509. The molecule has 0 aliphatic heterocycles. The van der Waals surface area contributed by atoms with E-state index in [1.54, 1.807) is 11.8 Å². The summed E-state index contributed by atoms with van der Waals surface area (Å²) in [5.41, 5.74) is 0.